The number of nitrogens with zero attached hydrogens (tertiary/aromatic N) is 2. The zero-order valence-corrected chi connectivity index (χ0v) is 10.4. The van der Waals surface area contributed by atoms with Gasteiger partial charge in [-0.2, -0.15) is 0 Å². The molecule has 0 bridgehead atoms. The van der Waals surface area contributed by atoms with Gasteiger partial charge in [0.15, 0.2) is 5.69 Å². The molecule has 1 aromatic rings. The summed E-state index contributed by atoms with van der Waals surface area (Å²) in [6, 6.07) is 3.40. The van der Waals surface area contributed by atoms with Gasteiger partial charge >= 0.3 is 0 Å². The second kappa shape index (κ2) is 6.80. The zero-order valence-electron chi connectivity index (χ0n) is 10.4. The van der Waals surface area contributed by atoms with Crippen LogP contribution in [0.2, 0.25) is 0 Å². The maximum Gasteiger partial charge on any atom is 0.271 e. The van der Waals surface area contributed by atoms with Crippen molar-refractivity contribution in [2.24, 2.45) is 5.92 Å². The Morgan fingerprint density at radius 3 is 2.59 bits per heavy atom. The minimum Gasteiger partial charge on any atom is -0.368 e. The first-order valence-electron chi connectivity index (χ1n) is 5.61. The van der Waals surface area contributed by atoms with Crippen LogP contribution >= 0.6 is 0 Å². The number of carbonyl (C=O) groups is 1. The lowest BCUT2D eigenvalue weighted by Crippen LogP contribution is -2.23. The number of aromatic nitrogens is 2. The normalized spacial score (nSPS) is 11.9. The second-order valence-electron chi connectivity index (χ2n) is 3.93. The highest BCUT2D eigenvalue weighted by molar-refractivity contribution is 5.91. The first-order chi connectivity index (χ1) is 8.17. The van der Waals surface area contributed by atoms with Gasteiger partial charge in [0.1, 0.15) is 5.82 Å². The predicted molar refractivity (Wildman–Crippen MR) is 67.0 cm³/mol. The number of hydrogen-bond donors (Lipinski definition) is 3. The van der Waals surface area contributed by atoms with E-state index in [1.165, 1.54) is 0 Å². The van der Waals surface area contributed by atoms with E-state index < -0.39 is 0 Å². The molecule has 6 nitrogen and oxygen atoms in total. The molecule has 0 aliphatic carbocycles. The molecule has 1 amide bonds. The van der Waals surface area contributed by atoms with E-state index in [1.54, 1.807) is 19.2 Å². The molecule has 1 rings (SSSR count). The van der Waals surface area contributed by atoms with Crippen LogP contribution < -0.4 is 16.0 Å². The Morgan fingerprint density at radius 1 is 1.29 bits per heavy atom. The highest BCUT2D eigenvalue weighted by Gasteiger charge is 2.06. The van der Waals surface area contributed by atoms with Gasteiger partial charge in [-0.3, -0.25) is 4.79 Å². The molecule has 1 heterocycles. The SMILES string of the molecule is CNCC(C)CNc1ccc(C(=O)NC)nn1. The van der Waals surface area contributed by atoms with Gasteiger partial charge in [0.25, 0.3) is 5.91 Å². The summed E-state index contributed by atoms with van der Waals surface area (Å²) in [5.41, 5.74) is 0.321. The molecule has 1 aromatic heterocycles. The van der Waals surface area contributed by atoms with Crippen molar-refractivity contribution in [2.45, 2.75) is 6.92 Å². The Hall–Kier alpha value is -1.69. The van der Waals surface area contributed by atoms with Crippen molar-refractivity contribution >= 4 is 11.7 Å². The number of nitrogens with one attached hydrogen (secondary N) is 3. The number of hydrogen-bond acceptors (Lipinski definition) is 5. The minimum atomic E-state index is -0.229. The molecular weight excluding hydrogens is 218 g/mol. The van der Waals surface area contributed by atoms with Crippen LogP contribution in [-0.2, 0) is 0 Å². The fourth-order valence-electron chi connectivity index (χ4n) is 1.38. The summed E-state index contributed by atoms with van der Waals surface area (Å²) in [5, 5.41) is 16.5. The molecule has 94 valence electrons. The summed E-state index contributed by atoms with van der Waals surface area (Å²) in [6.07, 6.45) is 0. The summed E-state index contributed by atoms with van der Waals surface area (Å²) in [5.74, 6) is 0.952. The molecule has 17 heavy (non-hydrogen) atoms. The Balaban J connectivity index is 2.48. The van der Waals surface area contributed by atoms with E-state index in [0.29, 0.717) is 17.4 Å². The second-order valence-corrected chi connectivity index (χ2v) is 3.93. The molecule has 0 saturated heterocycles. The topological polar surface area (TPSA) is 78.9 Å². The molecule has 0 aliphatic heterocycles. The summed E-state index contributed by atoms with van der Waals surface area (Å²) in [4.78, 5) is 11.2. The van der Waals surface area contributed by atoms with Crippen LogP contribution in [0.3, 0.4) is 0 Å². The van der Waals surface area contributed by atoms with Crippen LogP contribution in [0.15, 0.2) is 12.1 Å². The van der Waals surface area contributed by atoms with Crippen LogP contribution in [-0.4, -0.2) is 43.3 Å². The molecule has 0 aromatic carbocycles. The largest absolute Gasteiger partial charge is 0.368 e. The van der Waals surface area contributed by atoms with Gasteiger partial charge in [0, 0.05) is 13.6 Å². The Morgan fingerprint density at radius 2 is 2.06 bits per heavy atom. The van der Waals surface area contributed by atoms with Crippen LogP contribution in [0.1, 0.15) is 17.4 Å². The molecular formula is C11H19N5O. The lowest BCUT2D eigenvalue weighted by atomic mass is 10.2. The molecule has 0 aliphatic rings. The van der Waals surface area contributed by atoms with E-state index in [2.05, 4.69) is 33.1 Å². The van der Waals surface area contributed by atoms with Crippen molar-refractivity contribution in [1.82, 2.24) is 20.8 Å². The zero-order chi connectivity index (χ0) is 12.7. The van der Waals surface area contributed by atoms with E-state index in [-0.39, 0.29) is 5.91 Å². The Kier molecular flexibility index (Phi) is 5.35. The molecule has 6 heteroatoms. The molecule has 1 atom stereocenters. The monoisotopic (exact) mass is 237 g/mol. The Bertz CT molecular complexity index is 351. The van der Waals surface area contributed by atoms with Crippen LogP contribution in [0.5, 0.6) is 0 Å². The maximum atomic E-state index is 11.2. The number of carbonyl (C=O) groups excluding carboxylic acids is 1. The molecule has 1 unspecified atom stereocenters. The highest BCUT2D eigenvalue weighted by Crippen LogP contribution is 2.03. The van der Waals surface area contributed by atoms with Crippen LogP contribution in [0.25, 0.3) is 0 Å². The fourth-order valence-corrected chi connectivity index (χ4v) is 1.38. The maximum absolute atomic E-state index is 11.2. The van der Waals surface area contributed by atoms with Crippen molar-refractivity contribution in [3.05, 3.63) is 17.8 Å². The lowest BCUT2D eigenvalue weighted by molar-refractivity contribution is 0.0957. The van der Waals surface area contributed by atoms with E-state index >= 15 is 0 Å². The molecule has 0 saturated carbocycles. The first kappa shape index (κ1) is 13.4. The average molecular weight is 237 g/mol. The number of rotatable bonds is 6. The van der Waals surface area contributed by atoms with Gasteiger partial charge < -0.3 is 16.0 Å². The van der Waals surface area contributed by atoms with Crippen molar-refractivity contribution < 1.29 is 4.79 Å². The molecule has 0 spiro atoms. The van der Waals surface area contributed by atoms with Gasteiger partial charge in [-0.05, 0) is 31.6 Å². The summed E-state index contributed by atoms with van der Waals surface area (Å²) >= 11 is 0. The van der Waals surface area contributed by atoms with Crippen molar-refractivity contribution in [2.75, 3.05) is 32.5 Å². The van der Waals surface area contributed by atoms with Gasteiger partial charge in [0.05, 0.1) is 0 Å². The standard InChI is InChI=1S/C11H19N5O/c1-8(6-12-2)7-14-10-5-4-9(15-16-10)11(17)13-3/h4-5,8,12H,6-7H2,1-3H3,(H,13,17)(H,14,16). The third-order valence-electron chi connectivity index (χ3n) is 2.31. The minimum absolute atomic E-state index is 0.229. The van der Waals surface area contributed by atoms with Crippen molar-refractivity contribution in [3.8, 4) is 0 Å². The van der Waals surface area contributed by atoms with Gasteiger partial charge in [-0.1, -0.05) is 6.92 Å². The third kappa shape index (κ3) is 4.36. The van der Waals surface area contributed by atoms with Crippen molar-refractivity contribution in [1.29, 1.82) is 0 Å². The summed E-state index contributed by atoms with van der Waals surface area (Å²) in [7, 11) is 3.49. The molecule has 3 N–H and O–H groups in total. The van der Waals surface area contributed by atoms with Gasteiger partial charge in [0.2, 0.25) is 0 Å². The highest BCUT2D eigenvalue weighted by atomic mass is 16.1. The molecule has 0 fully saturated rings. The quantitative estimate of drug-likeness (QED) is 0.654. The number of amides is 1. The van der Waals surface area contributed by atoms with E-state index in [4.69, 9.17) is 0 Å². The van der Waals surface area contributed by atoms with Gasteiger partial charge in [-0.15, -0.1) is 10.2 Å². The van der Waals surface area contributed by atoms with E-state index in [0.717, 1.165) is 13.1 Å². The summed E-state index contributed by atoms with van der Waals surface area (Å²) in [6.45, 7) is 3.89. The van der Waals surface area contributed by atoms with E-state index in [1.807, 2.05) is 7.05 Å². The fraction of sp³-hybridized carbons (Fsp3) is 0.545. The van der Waals surface area contributed by atoms with Crippen LogP contribution in [0.4, 0.5) is 5.82 Å². The lowest BCUT2D eigenvalue weighted by Gasteiger charge is -2.11. The molecule has 0 radical (unpaired) electrons. The van der Waals surface area contributed by atoms with Crippen LogP contribution in [0, 0.1) is 5.92 Å². The predicted octanol–water partition coefficient (Wildman–Crippen LogP) is 0.104. The summed E-state index contributed by atoms with van der Waals surface area (Å²) < 4.78 is 0. The van der Waals surface area contributed by atoms with Crippen molar-refractivity contribution in [3.63, 3.8) is 0 Å². The van der Waals surface area contributed by atoms with E-state index in [9.17, 15) is 4.79 Å². The van der Waals surface area contributed by atoms with Gasteiger partial charge in [-0.25, -0.2) is 0 Å². The Labute approximate surface area is 101 Å². The third-order valence-corrected chi connectivity index (χ3v) is 2.31. The first-order valence-corrected chi connectivity index (χ1v) is 5.61. The average Bonchev–Trinajstić information content (AvgIpc) is 2.36. The smallest absolute Gasteiger partial charge is 0.271 e. The number of anilines is 1.